The number of aromatic nitrogens is 2. The number of rotatable bonds is 56. The highest BCUT2D eigenvalue weighted by molar-refractivity contribution is 6.01. The number of carbonyl (C=O) groups excluding carboxylic acids is 15. The summed E-state index contributed by atoms with van der Waals surface area (Å²) in [4.78, 5) is 251. The molecule has 35 N–H and O–H groups in total. The van der Waals surface area contributed by atoms with Gasteiger partial charge in [0.15, 0.2) is 11.9 Å². The summed E-state index contributed by atoms with van der Waals surface area (Å²) in [6.45, 7) is 2.45. The third-order valence-electron chi connectivity index (χ3n) is 18.7. The molecule has 50 nitrogen and oxygen atoms in total. The molecule has 1 saturated heterocycles. The number of aliphatic hydroxyl groups excluding tert-OH is 3. The van der Waals surface area contributed by atoms with Crippen LogP contribution >= 0.6 is 0 Å². The van der Waals surface area contributed by atoms with Gasteiger partial charge in [0.25, 0.3) is 0 Å². The molecule has 1 aliphatic rings. The molecular formula is C72H115N25O25. The van der Waals surface area contributed by atoms with Crippen LogP contribution in [0.15, 0.2) is 36.8 Å². The fourth-order valence-corrected chi connectivity index (χ4v) is 12.2. The van der Waals surface area contributed by atoms with E-state index in [9.17, 15) is 122 Å². The van der Waals surface area contributed by atoms with Crippen molar-refractivity contribution in [3.05, 3.63) is 48.0 Å². The number of guanidine groups is 2. The van der Waals surface area contributed by atoms with E-state index in [0.29, 0.717) is 6.42 Å². The monoisotopic (exact) mass is 1730 g/mol. The number of carbonyl (C=O) groups is 18. The number of primary amides is 1. The molecule has 0 saturated carbocycles. The second kappa shape index (κ2) is 52.8. The number of aromatic amines is 1. The molecule has 50 heteroatoms. The number of hydrogen-bond donors (Lipinski definition) is 30. The summed E-state index contributed by atoms with van der Waals surface area (Å²) >= 11 is 0. The van der Waals surface area contributed by atoms with Crippen LogP contribution in [-0.4, -0.2) is 306 Å². The number of carboxylic acids is 3. The molecule has 0 radical (unpaired) electrons. The fourth-order valence-electron chi connectivity index (χ4n) is 12.2. The molecule has 1 aromatic heterocycles. The van der Waals surface area contributed by atoms with E-state index in [4.69, 9.17) is 39.5 Å². The van der Waals surface area contributed by atoms with Crippen molar-refractivity contribution in [1.29, 1.82) is 10.8 Å². The van der Waals surface area contributed by atoms with Crippen LogP contribution in [0.1, 0.15) is 129 Å². The number of nitrogens with one attached hydrogen (secondary N) is 18. The van der Waals surface area contributed by atoms with Gasteiger partial charge in [-0.05, 0) is 115 Å². The van der Waals surface area contributed by atoms with Crippen molar-refractivity contribution in [1.82, 2.24) is 94.6 Å². The lowest BCUT2D eigenvalue weighted by molar-refractivity contribution is -0.143. The molecule has 1 aromatic carbocycles. The molecule has 0 unspecified atom stereocenters. The number of hydrogen-bond acceptors (Lipinski definition) is 27. The van der Waals surface area contributed by atoms with Crippen LogP contribution in [0.3, 0.4) is 0 Å². The first kappa shape index (κ1) is 103. The highest BCUT2D eigenvalue weighted by Crippen LogP contribution is 2.20. The molecule has 15 amide bonds. The summed E-state index contributed by atoms with van der Waals surface area (Å²) in [6.07, 6.45) is -5.99. The van der Waals surface area contributed by atoms with Crippen LogP contribution in [-0.2, 0) is 99.1 Å². The fraction of sp³-hybridized carbons (Fsp3) is 0.597. The van der Waals surface area contributed by atoms with E-state index in [2.05, 4.69) is 89.7 Å². The minimum absolute atomic E-state index is 0.00326. The van der Waals surface area contributed by atoms with E-state index in [1.165, 1.54) is 50.6 Å². The number of nitrogens with two attached hydrogens (primary N) is 5. The van der Waals surface area contributed by atoms with E-state index in [-0.39, 0.29) is 88.1 Å². The average molecular weight is 1730 g/mol. The summed E-state index contributed by atoms with van der Waals surface area (Å²) < 4.78 is 0. The predicted octanol–water partition coefficient (Wildman–Crippen LogP) is -11.5. The smallest absolute Gasteiger partial charge is 0.326 e. The van der Waals surface area contributed by atoms with Crippen LogP contribution in [0, 0.1) is 16.7 Å². The molecule has 122 heavy (non-hydrogen) atoms. The summed E-state index contributed by atoms with van der Waals surface area (Å²) in [7, 11) is 0. The first-order chi connectivity index (χ1) is 57.5. The number of aliphatic carboxylic acids is 3. The zero-order valence-electron chi connectivity index (χ0n) is 67.7. The highest BCUT2D eigenvalue weighted by atomic mass is 16.4. The van der Waals surface area contributed by atoms with Gasteiger partial charge in [0, 0.05) is 51.5 Å². The van der Waals surface area contributed by atoms with Crippen molar-refractivity contribution >= 4 is 118 Å². The van der Waals surface area contributed by atoms with Gasteiger partial charge in [-0.25, -0.2) is 9.78 Å². The van der Waals surface area contributed by atoms with Gasteiger partial charge in [0.05, 0.1) is 50.3 Å². The van der Waals surface area contributed by atoms with Crippen molar-refractivity contribution in [2.45, 2.75) is 221 Å². The van der Waals surface area contributed by atoms with E-state index in [1.807, 2.05) is 0 Å². The Bertz CT molecular complexity index is 3950. The second-order valence-electron chi connectivity index (χ2n) is 28.9. The van der Waals surface area contributed by atoms with Gasteiger partial charge in [0.1, 0.15) is 84.3 Å². The number of likely N-dealkylation sites (tertiary alicyclic amines) is 1. The Labute approximate surface area is 698 Å². The van der Waals surface area contributed by atoms with E-state index >= 15 is 0 Å². The number of imidazole rings is 1. The lowest BCUT2D eigenvalue weighted by atomic mass is 10.0. The molecule has 15 atom stereocenters. The van der Waals surface area contributed by atoms with Crippen molar-refractivity contribution in [3.8, 4) is 5.75 Å². The number of phenolic OH excluding ortho intramolecular Hbond substituents is 1. The van der Waals surface area contributed by atoms with Crippen LogP contribution in [0.25, 0.3) is 0 Å². The lowest BCUT2D eigenvalue weighted by Crippen LogP contribution is -2.62. The van der Waals surface area contributed by atoms with E-state index in [1.54, 1.807) is 0 Å². The molecule has 0 spiro atoms. The molecule has 2 heterocycles. The Morgan fingerprint density at radius 2 is 0.943 bits per heavy atom. The summed E-state index contributed by atoms with van der Waals surface area (Å²) in [6, 6.07) is -17.3. The number of aliphatic hydroxyl groups is 3. The molecular weight excluding hydrogens is 1610 g/mol. The minimum atomic E-state index is -2.01. The van der Waals surface area contributed by atoms with Gasteiger partial charge in [-0.3, -0.25) is 92.3 Å². The molecule has 1 fully saturated rings. The Morgan fingerprint density at radius 3 is 1.39 bits per heavy atom. The minimum Gasteiger partial charge on any atom is -0.508 e. The van der Waals surface area contributed by atoms with Crippen molar-refractivity contribution in [2.75, 3.05) is 45.9 Å². The lowest BCUT2D eigenvalue weighted by Gasteiger charge is -2.30. The maximum absolute atomic E-state index is 14.9. The largest absolute Gasteiger partial charge is 0.508 e. The van der Waals surface area contributed by atoms with Crippen LogP contribution < -0.4 is 108 Å². The van der Waals surface area contributed by atoms with Crippen molar-refractivity contribution in [2.24, 2.45) is 34.6 Å². The number of nitrogens with zero attached hydrogens (tertiary/aromatic N) is 2. The molecule has 3 rings (SSSR count). The van der Waals surface area contributed by atoms with Gasteiger partial charge in [0.2, 0.25) is 88.6 Å². The number of aromatic hydroxyl groups is 1. The molecule has 2 aromatic rings. The molecule has 1 aliphatic heterocycles. The van der Waals surface area contributed by atoms with E-state index < -0.39 is 286 Å². The summed E-state index contributed by atoms with van der Waals surface area (Å²) in [5, 5.41) is 122. The topological polar surface area (TPSA) is 839 Å². The number of amides is 15. The third-order valence-corrected chi connectivity index (χ3v) is 18.7. The predicted molar refractivity (Wildman–Crippen MR) is 426 cm³/mol. The molecule has 0 aliphatic carbocycles. The van der Waals surface area contributed by atoms with Crippen LogP contribution in [0.4, 0.5) is 0 Å². The quantitative estimate of drug-likeness (QED) is 0.0166. The third kappa shape index (κ3) is 37.1. The maximum Gasteiger partial charge on any atom is 0.326 e. The van der Waals surface area contributed by atoms with Gasteiger partial charge in [-0.15, -0.1) is 0 Å². The summed E-state index contributed by atoms with van der Waals surface area (Å²) in [5.41, 5.74) is 27.4. The number of H-pyrrole nitrogens is 1. The first-order valence-corrected chi connectivity index (χ1v) is 38.9. The highest BCUT2D eigenvalue weighted by Gasteiger charge is 2.42. The zero-order chi connectivity index (χ0) is 91.6. The Balaban J connectivity index is 1.97. The van der Waals surface area contributed by atoms with Gasteiger partial charge in [-0.1, -0.05) is 26.0 Å². The summed E-state index contributed by atoms with van der Waals surface area (Å²) in [5.74, 6) is -23.0. The number of benzene rings is 1. The van der Waals surface area contributed by atoms with Gasteiger partial charge in [-0.2, -0.15) is 0 Å². The number of phenols is 1. The number of unbranched alkanes of at least 4 members (excludes halogenated alkanes) is 1. The van der Waals surface area contributed by atoms with Crippen LogP contribution in [0.5, 0.6) is 5.75 Å². The molecule has 0 bridgehead atoms. The van der Waals surface area contributed by atoms with E-state index in [0.717, 1.165) is 18.7 Å². The maximum atomic E-state index is 14.9. The molecule has 678 valence electrons. The Morgan fingerprint density at radius 1 is 0.508 bits per heavy atom. The van der Waals surface area contributed by atoms with Crippen molar-refractivity contribution in [3.63, 3.8) is 0 Å². The van der Waals surface area contributed by atoms with Crippen LogP contribution in [0.2, 0.25) is 0 Å². The Kier molecular flexibility index (Phi) is 44.7. The van der Waals surface area contributed by atoms with Gasteiger partial charge < -0.3 is 154 Å². The standard InChI is InChI=1S/C72H115N25O25/c1-34(2)55(95-64(115)47(28-50(75)102)85-51(103)29-74)66(117)93-48(32-98)69(120)97-25-9-13-49(97)65(116)83-31-52(104)94-56(35(3)99)67(118)88-41(12-8-24-82-72(78)79)59(110)86-40(11-7-23-81-71(76)77)58(109)87-42(18-20-53(105)106)61(112)91-45(26-37-14-16-39(101)17-15-37)62(113)92-46(27-38-30-80-33-84-38)63(114)96-57(36(4)100)68(119)89-43(19-21-54(107)108)60(111)90-44(70(121)122)10-5-6-22-73/h14-17,30,33-36,40-49,55-57,98-101H,5-13,18-29,31-32,73-74H2,1-4H3,(H2,75,102)(H,80,84)(H,83,116)(H,85,103)(H,86,110)(H,87,109)(H,88,118)(H,89,119)(H,90,111)(H,91,112)(H,92,113)(H,93,117)(H,94,104)(H,95,115)(H,96,114)(H,105,106)(H,107,108)(H,121,122)(H4,76,77,81)(H4,78,79,82)/t35-,36-,40+,41+,42+,43+,44+,45+,46+,47+,48+,49+,55+,56+,57+/m1/s1. The average Bonchev–Trinajstić information content (AvgIpc) is 1.66. The second-order valence-corrected chi connectivity index (χ2v) is 28.9. The van der Waals surface area contributed by atoms with Crippen molar-refractivity contribution < 1.29 is 122 Å². The van der Waals surface area contributed by atoms with Gasteiger partial charge >= 0.3 is 17.9 Å². The zero-order valence-corrected chi connectivity index (χ0v) is 67.7. The number of carboxylic acid groups (broad SMARTS) is 3. The Hall–Kier alpha value is -13.0. The SMILES string of the molecule is CC(C)[C@H](NC(=O)[C@H](CC(N)=O)NC(=O)CN)C(=O)N[C@@H](CO)C(=O)N1CCC[C@H]1C(=O)NCC(=O)N[C@H](C(=O)N[C@@H](CCCNC(=N)N)C(=O)N[C@@H](CCCNC(=N)N)C(=O)N[C@@H](CCC(=O)O)C(=O)N[C@@H](Cc1ccc(O)cc1)C(=O)N[C@@H](Cc1c[nH]cn1)C(=O)N[C@H](C(=O)N[C@@H](CCC(=O)O)C(=O)N[C@@H](CCCCN)C(=O)O)[C@@H](C)O)[C@@H](C)O. The first-order valence-electron chi connectivity index (χ1n) is 38.9. The normalized spacial score (nSPS) is 15.7.